The Balaban J connectivity index is 1.32. The van der Waals surface area contributed by atoms with E-state index in [9.17, 15) is 14.4 Å². The van der Waals surface area contributed by atoms with E-state index in [0.717, 1.165) is 29.2 Å². The number of benzene rings is 2. The molecule has 0 aliphatic carbocycles. The zero-order valence-electron chi connectivity index (χ0n) is 17.8. The van der Waals surface area contributed by atoms with Crippen LogP contribution in [-0.2, 0) is 16.0 Å². The highest BCUT2D eigenvalue weighted by Crippen LogP contribution is 2.24. The molecule has 31 heavy (non-hydrogen) atoms. The largest absolute Gasteiger partial charge is 0.368 e. The van der Waals surface area contributed by atoms with Crippen LogP contribution >= 0.6 is 0 Å². The summed E-state index contributed by atoms with van der Waals surface area (Å²) in [5.41, 5.74) is 1.26. The zero-order chi connectivity index (χ0) is 21.8. The van der Waals surface area contributed by atoms with Crippen LogP contribution in [0.15, 0.2) is 60.7 Å². The number of imide groups is 1. The number of carbonyl (C=O) groups excluding carboxylic acids is 3. The van der Waals surface area contributed by atoms with Crippen molar-refractivity contribution in [2.24, 2.45) is 0 Å². The first-order valence-corrected chi connectivity index (χ1v) is 10.7. The minimum atomic E-state index is -0.987. The highest BCUT2D eigenvalue weighted by molar-refractivity contribution is 6.08. The molecule has 162 valence electrons. The first kappa shape index (κ1) is 20.9. The molecule has 0 aromatic heterocycles. The molecule has 0 radical (unpaired) electrons. The molecule has 2 aromatic rings. The molecule has 2 aromatic carbocycles. The van der Waals surface area contributed by atoms with Gasteiger partial charge < -0.3 is 15.1 Å². The quantitative estimate of drug-likeness (QED) is 0.728. The Morgan fingerprint density at radius 3 is 2.19 bits per heavy atom. The van der Waals surface area contributed by atoms with Gasteiger partial charge >= 0.3 is 6.03 Å². The second kappa shape index (κ2) is 8.79. The van der Waals surface area contributed by atoms with Crippen LogP contribution in [0.25, 0.3) is 0 Å². The fourth-order valence-corrected chi connectivity index (χ4v) is 4.19. The van der Waals surface area contributed by atoms with Gasteiger partial charge in [-0.3, -0.25) is 14.5 Å². The molecule has 1 N–H and O–H groups in total. The minimum Gasteiger partial charge on any atom is -0.368 e. The number of anilines is 1. The van der Waals surface area contributed by atoms with E-state index in [1.54, 1.807) is 11.8 Å². The number of para-hydroxylation sites is 1. The second-order valence-electron chi connectivity index (χ2n) is 8.34. The van der Waals surface area contributed by atoms with Crippen LogP contribution in [0.2, 0.25) is 0 Å². The van der Waals surface area contributed by atoms with Crippen LogP contribution in [0.4, 0.5) is 10.5 Å². The lowest BCUT2D eigenvalue weighted by molar-refractivity contribution is -0.139. The molecule has 0 spiro atoms. The number of urea groups is 1. The van der Waals surface area contributed by atoms with Gasteiger partial charge in [-0.1, -0.05) is 48.5 Å². The summed E-state index contributed by atoms with van der Waals surface area (Å²) in [7, 11) is 0. The average Bonchev–Trinajstić information content (AvgIpc) is 3.02. The number of hydrogen-bond acceptors (Lipinski definition) is 4. The number of rotatable bonds is 6. The highest BCUT2D eigenvalue weighted by Gasteiger charge is 2.48. The van der Waals surface area contributed by atoms with Crippen molar-refractivity contribution in [3.63, 3.8) is 0 Å². The third-order valence-corrected chi connectivity index (χ3v) is 6.15. The molecule has 1 atom stereocenters. The fourth-order valence-electron chi connectivity index (χ4n) is 4.19. The highest BCUT2D eigenvalue weighted by atomic mass is 16.2. The van der Waals surface area contributed by atoms with Gasteiger partial charge in [0.25, 0.3) is 5.91 Å². The second-order valence-corrected chi connectivity index (χ2v) is 8.34. The molecule has 7 heteroatoms. The number of amides is 4. The van der Waals surface area contributed by atoms with Crippen molar-refractivity contribution in [2.45, 2.75) is 25.3 Å². The minimum absolute atomic E-state index is 0.191. The van der Waals surface area contributed by atoms with Gasteiger partial charge in [0, 0.05) is 31.9 Å². The summed E-state index contributed by atoms with van der Waals surface area (Å²) in [6.07, 6.45) is 1.16. The molecule has 2 aliphatic rings. The van der Waals surface area contributed by atoms with Crippen molar-refractivity contribution in [1.29, 1.82) is 0 Å². The molecule has 2 fully saturated rings. The van der Waals surface area contributed by atoms with Crippen molar-refractivity contribution in [2.75, 3.05) is 37.6 Å². The summed E-state index contributed by atoms with van der Waals surface area (Å²) in [5.74, 6) is -0.520. The van der Waals surface area contributed by atoms with Gasteiger partial charge in [-0.15, -0.1) is 0 Å². The third kappa shape index (κ3) is 4.55. The van der Waals surface area contributed by atoms with Crippen LogP contribution in [0.5, 0.6) is 0 Å². The molecule has 2 saturated heterocycles. The van der Waals surface area contributed by atoms with Crippen LogP contribution in [0.3, 0.4) is 0 Å². The Hall–Kier alpha value is -3.35. The Morgan fingerprint density at radius 2 is 1.55 bits per heavy atom. The van der Waals surface area contributed by atoms with E-state index in [1.807, 2.05) is 48.5 Å². The summed E-state index contributed by atoms with van der Waals surface area (Å²) in [5, 5.41) is 2.80. The standard InChI is InChI=1S/C24H28N4O3/c1-24(13-12-19-8-4-2-5-9-19)22(30)28(23(31)25-24)18-21(29)27-16-14-26(15-17-27)20-10-6-3-7-11-20/h2-11H,12-18H2,1H3,(H,25,31)/t24-/m1/s1. The molecule has 2 heterocycles. The van der Waals surface area contributed by atoms with Gasteiger partial charge in [0.15, 0.2) is 0 Å². The number of aryl methyl sites for hydroxylation is 1. The van der Waals surface area contributed by atoms with Crippen LogP contribution in [-0.4, -0.2) is 65.9 Å². The lowest BCUT2D eigenvalue weighted by Gasteiger charge is -2.36. The van der Waals surface area contributed by atoms with E-state index in [-0.39, 0.29) is 18.4 Å². The van der Waals surface area contributed by atoms with Crippen molar-refractivity contribution >= 4 is 23.5 Å². The Morgan fingerprint density at radius 1 is 0.935 bits per heavy atom. The smallest absolute Gasteiger partial charge is 0.325 e. The predicted molar refractivity (Wildman–Crippen MR) is 119 cm³/mol. The fraction of sp³-hybridized carbons (Fsp3) is 0.375. The van der Waals surface area contributed by atoms with Crippen molar-refractivity contribution in [3.8, 4) is 0 Å². The summed E-state index contributed by atoms with van der Waals surface area (Å²) < 4.78 is 0. The molecule has 0 unspecified atom stereocenters. The maximum absolute atomic E-state index is 13.0. The van der Waals surface area contributed by atoms with Crippen LogP contribution in [0.1, 0.15) is 18.9 Å². The number of piperazine rings is 1. The SMILES string of the molecule is C[C@]1(CCc2ccccc2)NC(=O)N(CC(=O)N2CCN(c3ccccc3)CC2)C1=O. The molecule has 2 aliphatic heterocycles. The maximum atomic E-state index is 13.0. The molecule has 4 rings (SSSR count). The predicted octanol–water partition coefficient (Wildman–Crippen LogP) is 2.28. The Kier molecular flexibility index (Phi) is 5.93. The van der Waals surface area contributed by atoms with Crippen LogP contribution in [0, 0.1) is 0 Å². The van der Waals surface area contributed by atoms with E-state index in [0.29, 0.717) is 25.9 Å². The molecule has 0 saturated carbocycles. The monoisotopic (exact) mass is 420 g/mol. The topological polar surface area (TPSA) is 73.0 Å². The zero-order valence-corrected chi connectivity index (χ0v) is 17.8. The van der Waals surface area contributed by atoms with E-state index in [4.69, 9.17) is 0 Å². The van der Waals surface area contributed by atoms with E-state index in [2.05, 4.69) is 22.3 Å². The molecule has 7 nitrogen and oxygen atoms in total. The maximum Gasteiger partial charge on any atom is 0.325 e. The van der Waals surface area contributed by atoms with Gasteiger partial charge in [-0.2, -0.15) is 0 Å². The van der Waals surface area contributed by atoms with E-state index >= 15 is 0 Å². The Labute approximate surface area is 182 Å². The first-order valence-electron chi connectivity index (χ1n) is 10.7. The molecule has 4 amide bonds. The van der Waals surface area contributed by atoms with Gasteiger partial charge in [-0.05, 0) is 37.5 Å². The molecular formula is C24H28N4O3. The number of hydrogen-bond donors (Lipinski definition) is 1. The lowest BCUT2D eigenvalue weighted by Crippen LogP contribution is -2.52. The summed E-state index contributed by atoms with van der Waals surface area (Å²) in [6.45, 7) is 4.12. The van der Waals surface area contributed by atoms with Crippen molar-refractivity contribution in [1.82, 2.24) is 15.1 Å². The normalized spacial score (nSPS) is 21.4. The van der Waals surface area contributed by atoms with Gasteiger partial charge in [-0.25, -0.2) is 4.79 Å². The van der Waals surface area contributed by atoms with E-state index in [1.165, 1.54) is 0 Å². The number of carbonyl (C=O) groups is 3. The van der Waals surface area contributed by atoms with Crippen LogP contribution < -0.4 is 10.2 Å². The van der Waals surface area contributed by atoms with Crippen molar-refractivity contribution < 1.29 is 14.4 Å². The summed E-state index contributed by atoms with van der Waals surface area (Å²) >= 11 is 0. The summed E-state index contributed by atoms with van der Waals surface area (Å²) in [4.78, 5) is 43.3. The Bertz CT molecular complexity index is 942. The van der Waals surface area contributed by atoms with Gasteiger partial charge in [0.1, 0.15) is 12.1 Å². The summed E-state index contributed by atoms with van der Waals surface area (Å²) in [6, 6.07) is 19.5. The number of nitrogens with zero attached hydrogens (tertiary/aromatic N) is 3. The van der Waals surface area contributed by atoms with E-state index < -0.39 is 11.6 Å². The first-order chi connectivity index (χ1) is 15.0. The average molecular weight is 421 g/mol. The lowest BCUT2D eigenvalue weighted by atomic mass is 9.93. The molecular weight excluding hydrogens is 392 g/mol. The van der Waals surface area contributed by atoms with Gasteiger partial charge in [0.2, 0.25) is 5.91 Å². The molecule has 0 bridgehead atoms. The van der Waals surface area contributed by atoms with Gasteiger partial charge in [0.05, 0.1) is 0 Å². The number of nitrogens with one attached hydrogen (secondary N) is 1. The third-order valence-electron chi connectivity index (χ3n) is 6.15. The van der Waals surface area contributed by atoms with Crippen molar-refractivity contribution in [3.05, 3.63) is 66.2 Å².